The highest BCUT2D eigenvalue weighted by Gasteiger charge is 2.28. The smallest absolute Gasteiger partial charge is 0.257 e. The topological polar surface area (TPSA) is 114 Å². The van der Waals surface area contributed by atoms with Crippen LogP contribution in [0.15, 0.2) is 18.3 Å². The van der Waals surface area contributed by atoms with E-state index in [-0.39, 0.29) is 11.9 Å². The molecule has 4 heterocycles. The lowest BCUT2D eigenvalue weighted by Gasteiger charge is -2.29. The van der Waals surface area contributed by atoms with Gasteiger partial charge in [0, 0.05) is 25.3 Å². The molecule has 1 fully saturated rings. The second-order valence-electron chi connectivity index (χ2n) is 8.26. The first-order chi connectivity index (χ1) is 16.5. The number of halogens is 1. The van der Waals surface area contributed by atoms with Crippen LogP contribution < -0.4 is 20.1 Å². The van der Waals surface area contributed by atoms with E-state index < -0.39 is 0 Å². The number of carbonyl (C=O) groups is 1. The van der Waals surface area contributed by atoms with Gasteiger partial charge < -0.3 is 34.7 Å². The molecule has 2 aromatic heterocycles. The maximum absolute atomic E-state index is 13.1. The summed E-state index contributed by atoms with van der Waals surface area (Å²) in [6.45, 7) is 7.07. The van der Waals surface area contributed by atoms with Crippen molar-refractivity contribution in [3.8, 4) is 11.5 Å². The number of carbonyl (C=O) groups excluding carboxylic acids is 1. The number of morpholine rings is 1. The SMILES string of the molecule is CC[C@@H](C)Nc1nc(Nc2ccc(C(=O)N3CCOCC3)c3c2OCCO3)nc2[nH]cc(Cl)c12. The van der Waals surface area contributed by atoms with E-state index >= 15 is 0 Å². The molecule has 1 saturated heterocycles. The van der Waals surface area contributed by atoms with Crippen LogP contribution in [0, 0.1) is 0 Å². The van der Waals surface area contributed by atoms with E-state index in [2.05, 4.69) is 39.4 Å². The minimum atomic E-state index is -0.102. The molecular formula is C23H27ClN6O4. The Bertz CT molecular complexity index is 1210. The Morgan fingerprint density at radius 1 is 1.18 bits per heavy atom. The first-order valence-corrected chi connectivity index (χ1v) is 11.8. The maximum atomic E-state index is 13.1. The van der Waals surface area contributed by atoms with E-state index in [9.17, 15) is 4.79 Å². The first kappa shape index (κ1) is 22.5. The maximum Gasteiger partial charge on any atom is 0.257 e. The monoisotopic (exact) mass is 486 g/mol. The second-order valence-corrected chi connectivity index (χ2v) is 8.66. The van der Waals surface area contributed by atoms with Crippen molar-refractivity contribution in [1.29, 1.82) is 0 Å². The Labute approximate surface area is 201 Å². The molecule has 11 heteroatoms. The molecule has 0 saturated carbocycles. The summed E-state index contributed by atoms with van der Waals surface area (Å²) in [5.41, 5.74) is 1.69. The van der Waals surface area contributed by atoms with Crippen molar-refractivity contribution in [1.82, 2.24) is 19.9 Å². The number of fused-ring (bicyclic) bond motifs is 2. The molecule has 0 bridgehead atoms. The number of anilines is 3. The van der Waals surface area contributed by atoms with Crippen molar-refractivity contribution in [3.05, 3.63) is 28.9 Å². The molecule has 1 aromatic carbocycles. The van der Waals surface area contributed by atoms with Gasteiger partial charge in [0.15, 0.2) is 11.5 Å². The zero-order valence-electron chi connectivity index (χ0n) is 19.1. The number of aromatic nitrogens is 3. The van der Waals surface area contributed by atoms with E-state index in [0.29, 0.717) is 84.7 Å². The molecule has 34 heavy (non-hydrogen) atoms. The summed E-state index contributed by atoms with van der Waals surface area (Å²) >= 11 is 6.37. The second kappa shape index (κ2) is 9.55. The Morgan fingerprint density at radius 2 is 1.94 bits per heavy atom. The van der Waals surface area contributed by atoms with E-state index in [1.165, 1.54) is 0 Å². The fraction of sp³-hybridized carbons (Fsp3) is 0.435. The van der Waals surface area contributed by atoms with Crippen molar-refractivity contribution in [3.63, 3.8) is 0 Å². The third-order valence-corrected chi connectivity index (χ3v) is 6.24. The normalized spacial score (nSPS) is 16.4. The Hall–Kier alpha value is -3.24. The predicted octanol–water partition coefficient (Wildman–Crippen LogP) is 3.81. The van der Waals surface area contributed by atoms with Crippen molar-refractivity contribution >= 4 is 46.0 Å². The molecule has 2 aliphatic heterocycles. The zero-order valence-corrected chi connectivity index (χ0v) is 19.9. The zero-order chi connectivity index (χ0) is 23.7. The molecule has 1 atom stereocenters. The minimum Gasteiger partial charge on any atom is -0.485 e. The van der Waals surface area contributed by atoms with Gasteiger partial charge in [0.25, 0.3) is 5.91 Å². The summed E-state index contributed by atoms with van der Waals surface area (Å²) in [6, 6.07) is 3.74. The van der Waals surface area contributed by atoms with Crippen molar-refractivity contribution in [2.24, 2.45) is 0 Å². The van der Waals surface area contributed by atoms with Crippen LogP contribution in [0.3, 0.4) is 0 Å². The molecular weight excluding hydrogens is 460 g/mol. The van der Waals surface area contributed by atoms with Crippen LogP contribution >= 0.6 is 11.6 Å². The summed E-state index contributed by atoms with van der Waals surface area (Å²) in [7, 11) is 0. The Kier molecular flexibility index (Phi) is 6.34. The van der Waals surface area contributed by atoms with Gasteiger partial charge in [-0.2, -0.15) is 9.97 Å². The summed E-state index contributed by atoms with van der Waals surface area (Å²) < 4.78 is 17.2. The number of H-pyrrole nitrogens is 1. The van der Waals surface area contributed by atoms with Crippen molar-refractivity contribution in [2.75, 3.05) is 50.2 Å². The lowest BCUT2D eigenvalue weighted by Crippen LogP contribution is -2.41. The van der Waals surface area contributed by atoms with Crippen LogP contribution in [0.4, 0.5) is 17.5 Å². The molecule has 0 aliphatic carbocycles. The summed E-state index contributed by atoms with van der Waals surface area (Å²) in [6.07, 6.45) is 2.62. The molecule has 5 rings (SSSR count). The highest BCUT2D eigenvalue weighted by molar-refractivity contribution is 6.36. The molecule has 0 radical (unpaired) electrons. The molecule has 0 unspecified atom stereocenters. The average molecular weight is 487 g/mol. The summed E-state index contributed by atoms with van der Waals surface area (Å²) in [4.78, 5) is 27.2. The predicted molar refractivity (Wildman–Crippen MR) is 130 cm³/mol. The molecule has 0 spiro atoms. The van der Waals surface area contributed by atoms with Gasteiger partial charge in [-0.25, -0.2) is 0 Å². The summed E-state index contributed by atoms with van der Waals surface area (Å²) in [5.74, 6) is 1.79. The summed E-state index contributed by atoms with van der Waals surface area (Å²) in [5, 5.41) is 7.92. The van der Waals surface area contributed by atoms with Crippen LogP contribution in [0.25, 0.3) is 11.0 Å². The quantitative estimate of drug-likeness (QED) is 0.482. The van der Waals surface area contributed by atoms with Gasteiger partial charge in [-0.1, -0.05) is 18.5 Å². The van der Waals surface area contributed by atoms with Gasteiger partial charge >= 0.3 is 0 Å². The van der Waals surface area contributed by atoms with E-state index in [0.717, 1.165) is 11.8 Å². The number of ether oxygens (including phenoxy) is 3. The number of hydrogen-bond acceptors (Lipinski definition) is 8. The highest BCUT2D eigenvalue weighted by Crippen LogP contribution is 2.42. The molecule has 2 aliphatic rings. The number of nitrogens with zero attached hydrogens (tertiary/aromatic N) is 3. The minimum absolute atomic E-state index is 0.102. The van der Waals surface area contributed by atoms with Gasteiger partial charge in [0.2, 0.25) is 5.95 Å². The van der Waals surface area contributed by atoms with Crippen LogP contribution in [0.5, 0.6) is 11.5 Å². The molecule has 3 N–H and O–H groups in total. The number of amides is 1. The Morgan fingerprint density at radius 3 is 2.71 bits per heavy atom. The number of hydrogen-bond donors (Lipinski definition) is 3. The fourth-order valence-corrected chi connectivity index (χ4v) is 4.19. The van der Waals surface area contributed by atoms with Gasteiger partial charge in [-0.3, -0.25) is 4.79 Å². The largest absolute Gasteiger partial charge is 0.485 e. The molecule has 180 valence electrons. The lowest BCUT2D eigenvalue weighted by molar-refractivity contribution is 0.0298. The van der Waals surface area contributed by atoms with Crippen LogP contribution in [-0.4, -0.2) is 71.3 Å². The lowest BCUT2D eigenvalue weighted by atomic mass is 10.1. The van der Waals surface area contributed by atoms with Crippen molar-refractivity contribution < 1.29 is 19.0 Å². The van der Waals surface area contributed by atoms with Crippen LogP contribution in [0.2, 0.25) is 5.02 Å². The molecule has 1 amide bonds. The Balaban J connectivity index is 1.49. The van der Waals surface area contributed by atoms with Crippen molar-refractivity contribution in [2.45, 2.75) is 26.3 Å². The number of aromatic amines is 1. The molecule has 10 nitrogen and oxygen atoms in total. The van der Waals surface area contributed by atoms with Crippen LogP contribution in [0.1, 0.15) is 30.6 Å². The fourth-order valence-electron chi connectivity index (χ4n) is 3.95. The van der Waals surface area contributed by atoms with Gasteiger partial charge in [0.1, 0.15) is 24.7 Å². The number of rotatable bonds is 6. The standard InChI is InChI=1S/C23H27ClN6O4/c1-3-13(2)26-21-17-15(24)12-25-20(17)28-23(29-21)27-16-5-4-14(18-19(16)34-11-10-33-18)22(31)30-6-8-32-9-7-30/h4-5,12-13H,3,6-11H2,1-2H3,(H3,25,26,27,28,29)/t13-/m1/s1. The van der Waals surface area contributed by atoms with Crippen LogP contribution in [-0.2, 0) is 4.74 Å². The molecule has 3 aromatic rings. The number of benzene rings is 1. The average Bonchev–Trinajstić information content (AvgIpc) is 3.25. The van der Waals surface area contributed by atoms with Gasteiger partial charge in [0.05, 0.1) is 34.9 Å². The van der Waals surface area contributed by atoms with E-state index in [1.54, 1.807) is 23.2 Å². The van der Waals surface area contributed by atoms with E-state index in [4.69, 9.17) is 25.8 Å². The third-order valence-electron chi connectivity index (χ3n) is 5.94. The number of nitrogens with one attached hydrogen (secondary N) is 3. The van der Waals surface area contributed by atoms with Gasteiger partial charge in [-0.15, -0.1) is 0 Å². The third kappa shape index (κ3) is 4.30. The first-order valence-electron chi connectivity index (χ1n) is 11.4. The van der Waals surface area contributed by atoms with Gasteiger partial charge in [-0.05, 0) is 25.5 Å². The highest BCUT2D eigenvalue weighted by atomic mass is 35.5. The van der Waals surface area contributed by atoms with E-state index in [1.807, 2.05) is 0 Å².